The van der Waals surface area contributed by atoms with Gasteiger partial charge in [0.15, 0.2) is 15.5 Å². The van der Waals surface area contributed by atoms with Crippen molar-refractivity contribution in [2.45, 2.75) is 18.2 Å². The summed E-state index contributed by atoms with van der Waals surface area (Å²) in [5.41, 5.74) is 0.591. The lowest BCUT2D eigenvalue weighted by molar-refractivity contribution is 0.0691. The maximum absolute atomic E-state index is 11.9. The minimum Gasteiger partial charge on any atom is -0.476 e. The highest BCUT2D eigenvalue weighted by Crippen LogP contribution is 2.16. The molecular formula is C13H14N2O4S. The Balaban J connectivity index is 2.30. The Morgan fingerprint density at radius 2 is 1.95 bits per heavy atom. The maximum atomic E-state index is 11.9. The van der Waals surface area contributed by atoms with Crippen LogP contribution in [0.5, 0.6) is 0 Å². The van der Waals surface area contributed by atoms with Gasteiger partial charge in [0.2, 0.25) is 0 Å². The van der Waals surface area contributed by atoms with Gasteiger partial charge in [-0.25, -0.2) is 18.2 Å². The molecule has 0 fully saturated rings. The summed E-state index contributed by atoms with van der Waals surface area (Å²) in [7, 11) is -3.24. The van der Waals surface area contributed by atoms with Crippen LogP contribution >= 0.6 is 0 Å². The average molecular weight is 294 g/mol. The molecule has 0 saturated carbocycles. The van der Waals surface area contributed by atoms with Gasteiger partial charge in [-0.3, -0.25) is 0 Å². The van der Waals surface area contributed by atoms with Crippen molar-refractivity contribution in [1.82, 2.24) is 9.55 Å². The van der Waals surface area contributed by atoms with Crippen LogP contribution in [0.3, 0.4) is 0 Å². The van der Waals surface area contributed by atoms with E-state index in [0.29, 0.717) is 12.1 Å². The lowest BCUT2D eigenvalue weighted by atomic mass is 10.3. The summed E-state index contributed by atoms with van der Waals surface area (Å²) in [5.74, 6) is -0.994. The van der Waals surface area contributed by atoms with Crippen LogP contribution < -0.4 is 0 Å². The number of carboxylic acids is 1. The van der Waals surface area contributed by atoms with E-state index in [0.717, 1.165) is 0 Å². The van der Waals surface area contributed by atoms with Crippen molar-refractivity contribution in [2.24, 2.45) is 0 Å². The van der Waals surface area contributed by atoms with Crippen LogP contribution in [-0.2, 0) is 9.84 Å². The van der Waals surface area contributed by atoms with Crippen LogP contribution in [0.1, 0.15) is 23.8 Å². The summed E-state index contributed by atoms with van der Waals surface area (Å²) >= 11 is 0. The molecule has 0 aliphatic rings. The lowest BCUT2D eigenvalue weighted by Crippen LogP contribution is -2.05. The minimum atomic E-state index is -3.24. The van der Waals surface area contributed by atoms with Crippen molar-refractivity contribution in [3.8, 4) is 5.69 Å². The van der Waals surface area contributed by atoms with E-state index in [1.165, 1.54) is 29.2 Å². The highest BCUT2D eigenvalue weighted by Gasteiger charge is 2.13. The number of carbonyl (C=O) groups is 1. The Morgan fingerprint density at radius 1 is 1.30 bits per heavy atom. The quantitative estimate of drug-likeness (QED) is 0.907. The van der Waals surface area contributed by atoms with E-state index in [-0.39, 0.29) is 16.3 Å². The number of aromatic nitrogens is 2. The van der Waals surface area contributed by atoms with Gasteiger partial charge in [0, 0.05) is 11.9 Å². The summed E-state index contributed by atoms with van der Waals surface area (Å²) in [6.07, 6.45) is 3.31. The number of carboxylic acid groups (broad SMARTS) is 1. The van der Waals surface area contributed by atoms with Crippen molar-refractivity contribution in [3.05, 3.63) is 42.5 Å². The van der Waals surface area contributed by atoms with E-state index in [2.05, 4.69) is 4.98 Å². The molecule has 0 aliphatic heterocycles. The topological polar surface area (TPSA) is 89.3 Å². The van der Waals surface area contributed by atoms with Gasteiger partial charge in [-0.2, -0.15) is 0 Å². The smallest absolute Gasteiger partial charge is 0.356 e. The SMILES string of the molecule is CCCS(=O)(=O)c1ccc(-n2cnc(C(=O)O)c2)cc1. The third-order valence-corrected chi connectivity index (χ3v) is 4.70. The molecule has 1 aromatic carbocycles. The number of sulfone groups is 1. The number of hydrogen-bond acceptors (Lipinski definition) is 4. The number of benzene rings is 1. The lowest BCUT2D eigenvalue weighted by Gasteiger charge is -2.05. The number of aromatic carboxylic acids is 1. The van der Waals surface area contributed by atoms with E-state index >= 15 is 0 Å². The molecule has 0 atom stereocenters. The van der Waals surface area contributed by atoms with E-state index in [1.807, 2.05) is 6.92 Å². The van der Waals surface area contributed by atoms with E-state index in [1.54, 1.807) is 12.1 Å². The maximum Gasteiger partial charge on any atom is 0.356 e. The first-order chi connectivity index (χ1) is 9.44. The molecule has 2 aromatic rings. The van der Waals surface area contributed by atoms with Crippen LogP contribution in [0, 0.1) is 0 Å². The number of hydrogen-bond donors (Lipinski definition) is 1. The second kappa shape index (κ2) is 5.46. The minimum absolute atomic E-state index is 0.0623. The van der Waals surface area contributed by atoms with Crippen molar-refractivity contribution >= 4 is 15.8 Å². The van der Waals surface area contributed by atoms with Crippen LogP contribution in [0.15, 0.2) is 41.7 Å². The molecule has 1 aromatic heterocycles. The van der Waals surface area contributed by atoms with Crippen molar-refractivity contribution in [3.63, 3.8) is 0 Å². The fourth-order valence-electron chi connectivity index (χ4n) is 1.79. The monoisotopic (exact) mass is 294 g/mol. The highest BCUT2D eigenvalue weighted by atomic mass is 32.2. The van der Waals surface area contributed by atoms with Crippen LogP contribution in [0.4, 0.5) is 0 Å². The van der Waals surface area contributed by atoms with Gasteiger partial charge in [-0.05, 0) is 30.7 Å². The predicted octanol–water partition coefficient (Wildman–Crippen LogP) is 1.75. The molecular weight excluding hydrogens is 280 g/mol. The van der Waals surface area contributed by atoms with Crippen LogP contribution in [0.2, 0.25) is 0 Å². The van der Waals surface area contributed by atoms with Gasteiger partial charge in [-0.1, -0.05) is 6.92 Å². The first-order valence-corrected chi connectivity index (χ1v) is 7.70. The molecule has 0 bridgehead atoms. The fourth-order valence-corrected chi connectivity index (χ4v) is 3.11. The van der Waals surface area contributed by atoms with Gasteiger partial charge in [0.05, 0.1) is 10.6 Å². The second-order valence-corrected chi connectivity index (χ2v) is 6.39. The van der Waals surface area contributed by atoms with Gasteiger partial charge < -0.3 is 9.67 Å². The number of nitrogens with zero attached hydrogens (tertiary/aromatic N) is 2. The molecule has 0 radical (unpaired) electrons. The first kappa shape index (κ1) is 14.3. The van der Waals surface area contributed by atoms with E-state index in [9.17, 15) is 13.2 Å². The third kappa shape index (κ3) is 2.88. The van der Waals surface area contributed by atoms with Gasteiger partial charge >= 0.3 is 5.97 Å². The van der Waals surface area contributed by atoms with E-state index < -0.39 is 15.8 Å². The van der Waals surface area contributed by atoms with Crippen LogP contribution in [0.25, 0.3) is 5.69 Å². The van der Waals surface area contributed by atoms with E-state index in [4.69, 9.17) is 5.11 Å². The van der Waals surface area contributed by atoms with Gasteiger partial charge in [-0.15, -0.1) is 0 Å². The summed E-state index contributed by atoms with van der Waals surface area (Å²) < 4.78 is 25.3. The first-order valence-electron chi connectivity index (χ1n) is 6.04. The number of rotatable bonds is 5. The highest BCUT2D eigenvalue weighted by molar-refractivity contribution is 7.91. The molecule has 0 amide bonds. The molecule has 2 rings (SSSR count). The summed E-state index contributed by atoms with van der Waals surface area (Å²) in [5, 5.41) is 8.80. The Bertz CT molecular complexity index is 717. The van der Waals surface area contributed by atoms with Crippen molar-refractivity contribution in [2.75, 3.05) is 5.75 Å². The van der Waals surface area contributed by atoms with Crippen molar-refractivity contribution in [1.29, 1.82) is 0 Å². The molecule has 0 aliphatic carbocycles. The zero-order chi connectivity index (χ0) is 14.8. The van der Waals surface area contributed by atoms with Crippen molar-refractivity contribution < 1.29 is 18.3 Å². The predicted molar refractivity (Wildman–Crippen MR) is 72.9 cm³/mol. The molecule has 0 spiro atoms. The average Bonchev–Trinajstić information content (AvgIpc) is 2.88. The number of imidazole rings is 1. The zero-order valence-corrected chi connectivity index (χ0v) is 11.7. The van der Waals surface area contributed by atoms with Gasteiger partial charge in [0.1, 0.15) is 6.33 Å². The summed E-state index contributed by atoms with van der Waals surface area (Å²) in [6.45, 7) is 1.81. The molecule has 20 heavy (non-hydrogen) atoms. The molecule has 0 saturated heterocycles. The van der Waals surface area contributed by atoms with Crippen LogP contribution in [-0.4, -0.2) is 34.8 Å². The molecule has 7 heteroatoms. The summed E-state index contributed by atoms with van der Waals surface area (Å²) in [6, 6.07) is 6.27. The Labute approximate surface area is 116 Å². The fraction of sp³-hybridized carbons (Fsp3) is 0.231. The normalized spacial score (nSPS) is 11.4. The Hall–Kier alpha value is -2.15. The Kier molecular flexibility index (Phi) is 3.89. The summed E-state index contributed by atoms with van der Waals surface area (Å²) in [4.78, 5) is 14.8. The zero-order valence-electron chi connectivity index (χ0n) is 10.9. The molecule has 0 unspecified atom stereocenters. The second-order valence-electron chi connectivity index (χ2n) is 4.28. The molecule has 1 N–H and O–H groups in total. The molecule has 1 heterocycles. The molecule has 6 nitrogen and oxygen atoms in total. The Morgan fingerprint density at radius 3 is 2.45 bits per heavy atom. The largest absolute Gasteiger partial charge is 0.476 e. The van der Waals surface area contributed by atoms with Gasteiger partial charge in [0.25, 0.3) is 0 Å². The third-order valence-electron chi connectivity index (χ3n) is 2.77. The standard InChI is InChI=1S/C13H14N2O4S/c1-2-7-20(18,19)11-5-3-10(4-6-11)15-8-12(13(16)17)14-9-15/h3-6,8-9H,2,7H2,1H3,(H,16,17). The molecule has 106 valence electrons.